The van der Waals surface area contributed by atoms with Crippen molar-refractivity contribution >= 4 is 22.8 Å². The zero-order valence-corrected chi connectivity index (χ0v) is 9.40. The minimum Gasteiger partial charge on any atom is -0.439 e. The molecular weight excluding hydrogens is 220 g/mol. The fraction of sp³-hybridized carbons (Fsp3) is 0.250. The monoisotopic (exact) mass is 232 g/mol. The number of amides is 1. The lowest BCUT2D eigenvalue weighted by molar-refractivity contribution is -0.127. The molecule has 0 saturated carbocycles. The van der Waals surface area contributed by atoms with Crippen LogP contribution >= 0.6 is 0 Å². The summed E-state index contributed by atoms with van der Waals surface area (Å²) in [5.74, 6) is -0.0528. The summed E-state index contributed by atoms with van der Waals surface area (Å²) < 4.78 is 5.41. The Balaban J connectivity index is 1.99. The van der Waals surface area contributed by atoms with Crippen LogP contribution in [0.5, 0.6) is 0 Å². The van der Waals surface area contributed by atoms with E-state index >= 15 is 0 Å². The van der Waals surface area contributed by atoms with Gasteiger partial charge in [-0.2, -0.15) is 0 Å². The molecule has 0 radical (unpaired) electrons. The number of hydrogen-bond donors (Lipinski definition) is 1. The number of para-hydroxylation sites is 2. The summed E-state index contributed by atoms with van der Waals surface area (Å²) >= 11 is 0. The third kappa shape index (κ3) is 2.90. The number of ketones is 1. The van der Waals surface area contributed by atoms with Crippen LogP contribution in [0, 0.1) is 0 Å². The number of hydrogen-bond acceptors (Lipinski definition) is 4. The smallest absolute Gasteiger partial charge is 0.227 e. The Morgan fingerprint density at radius 1 is 1.35 bits per heavy atom. The fourth-order valence-corrected chi connectivity index (χ4v) is 1.46. The fourth-order valence-electron chi connectivity index (χ4n) is 1.46. The predicted octanol–water partition coefficient (Wildman–Crippen LogP) is 1.42. The second-order valence-corrected chi connectivity index (χ2v) is 3.73. The number of fused-ring (bicyclic) bond motifs is 1. The van der Waals surface area contributed by atoms with Crippen LogP contribution in [0.25, 0.3) is 11.1 Å². The van der Waals surface area contributed by atoms with Crippen LogP contribution in [0.2, 0.25) is 0 Å². The van der Waals surface area contributed by atoms with E-state index in [-0.39, 0.29) is 24.7 Å². The van der Waals surface area contributed by atoms with E-state index in [0.29, 0.717) is 11.5 Å². The number of benzene rings is 1. The molecule has 17 heavy (non-hydrogen) atoms. The van der Waals surface area contributed by atoms with Crippen molar-refractivity contribution in [1.29, 1.82) is 0 Å². The van der Waals surface area contributed by atoms with Crippen molar-refractivity contribution in [2.45, 2.75) is 19.9 Å². The first kappa shape index (κ1) is 11.3. The van der Waals surface area contributed by atoms with Gasteiger partial charge in [-0.3, -0.25) is 9.59 Å². The molecule has 0 aliphatic heterocycles. The van der Waals surface area contributed by atoms with Gasteiger partial charge in [0.2, 0.25) is 11.8 Å². The van der Waals surface area contributed by atoms with Gasteiger partial charge in [0.1, 0.15) is 11.3 Å². The molecule has 0 unspecified atom stereocenters. The van der Waals surface area contributed by atoms with Gasteiger partial charge in [-0.1, -0.05) is 12.1 Å². The number of carbonyl (C=O) groups is 2. The summed E-state index contributed by atoms with van der Waals surface area (Å²) in [5, 5.41) is 2.58. The normalized spacial score (nSPS) is 10.4. The second kappa shape index (κ2) is 4.78. The number of Topliss-reactive ketones (excluding diaryl/α,β-unsaturated/α-hetero) is 1. The Morgan fingerprint density at radius 3 is 2.82 bits per heavy atom. The van der Waals surface area contributed by atoms with Crippen LogP contribution in [-0.2, 0) is 16.1 Å². The van der Waals surface area contributed by atoms with E-state index in [1.807, 2.05) is 24.3 Å². The molecule has 2 aromatic rings. The SMILES string of the molecule is CC(=O)CC(=O)NCc1nc2ccccc2o1. The molecule has 5 heteroatoms. The van der Waals surface area contributed by atoms with E-state index in [9.17, 15) is 9.59 Å². The Kier molecular flexibility index (Phi) is 3.18. The molecule has 1 amide bonds. The minimum absolute atomic E-state index is 0.111. The van der Waals surface area contributed by atoms with Gasteiger partial charge in [-0.15, -0.1) is 0 Å². The summed E-state index contributed by atoms with van der Waals surface area (Å²) in [6, 6.07) is 7.36. The lowest BCUT2D eigenvalue weighted by Crippen LogP contribution is -2.24. The van der Waals surface area contributed by atoms with E-state index in [0.717, 1.165) is 5.52 Å². The number of nitrogens with one attached hydrogen (secondary N) is 1. The number of oxazole rings is 1. The molecular formula is C12H12N2O3. The molecule has 0 aliphatic rings. The van der Waals surface area contributed by atoms with Crippen molar-refractivity contribution in [2.24, 2.45) is 0 Å². The number of carbonyl (C=O) groups excluding carboxylic acids is 2. The van der Waals surface area contributed by atoms with E-state index in [1.165, 1.54) is 6.92 Å². The lowest BCUT2D eigenvalue weighted by atomic mass is 10.3. The van der Waals surface area contributed by atoms with Gasteiger partial charge < -0.3 is 9.73 Å². The maximum atomic E-state index is 11.2. The van der Waals surface area contributed by atoms with Gasteiger partial charge in [0.15, 0.2) is 5.58 Å². The van der Waals surface area contributed by atoms with Crippen molar-refractivity contribution in [1.82, 2.24) is 10.3 Å². The third-order valence-electron chi connectivity index (χ3n) is 2.18. The first-order valence-electron chi connectivity index (χ1n) is 5.26. The van der Waals surface area contributed by atoms with Crippen LogP contribution in [0.3, 0.4) is 0 Å². The molecule has 1 aromatic heterocycles. The van der Waals surface area contributed by atoms with Crippen molar-refractivity contribution in [3.05, 3.63) is 30.2 Å². The maximum Gasteiger partial charge on any atom is 0.227 e. The van der Waals surface area contributed by atoms with Crippen LogP contribution in [0.4, 0.5) is 0 Å². The van der Waals surface area contributed by atoms with Gasteiger partial charge in [-0.25, -0.2) is 4.98 Å². The standard InChI is InChI=1S/C12H12N2O3/c1-8(15)6-11(16)13-7-12-14-9-4-2-3-5-10(9)17-12/h2-5H,6-7H2,1H3,(H,13,16). The van der Waals surface area contributed by atoms with Gasteiger partial charge in [-0.05, 0) is 19.1 Å². The predicted molar refractivity (Wildman–Crippen MR) is 61.2 cm³/mol. The summed E-state index contributed by atoms with van der Waals surface area (Å²) in [7, 11) is 0. The summed E-state index contributed by atoms with van der Waals surface area (Å²) in [4.78, 5) is 26.1. The van der Waals surface area contributed by atoms with Crippen LogP contribution in [0.15, 0.2) is 28.7 Å². The molecule has 88 valence electrons. The molecule has 5 nitrogen and oxygen atoms in total. The Labute approximate surface area is 97.8 Å². The molecule has 1 aromatic carbocycles. The number of nitrogens with zero attached hydrogens (tertiary/aromatic N) is 1. The van der Waals surface area contributed by atoms with Gasteiger partial charge >= 0.3 is 0 Å². The molecule has 0 aliphatic carbocycles. The molecule has 0 bridgehead atoms. The lowest BCUT2D eigenvalue weighted by Gasteiger charge is -1.99. The van der Waals surface area contributed by atoms with E-state index in [2.05, 4.69) is 10.3 Å². The number of aromatic nitrogens is 1. The zero-order chi connectivity index (χ0) is 12.3. The first-order valence-corrected chi connectivity index (χ1v) is 5.26. The van der Waals surface area contributed by atoms with Crippen molar-refractivity contribution in [3.8, 4) is 0 Å². The second-order valence-electron chi connectivity index (χ2n) is 3.73. The molecule has 1 N–H and O–H groups in total. The summed E-state index contributed by atoms with van der Waals surface area (Å²) in [6.45, 7) is 1.57. The summed E-state index contributed by atoms with van der Waals surface area (Å²) in [5.41, 5.74) is 1.44. The largest absolute Gasteiger partial charge is 0.439 e. The zero-order valence-electron chi connectivity index (χ0n) is 9.40. The Bertz CT molecular complexity index is 527. The molecule has 0 saturated heterocycles. The van der Waals surface area contributed by atoms with Crippen molar-refractivity contribution in [3.63, 3.8) is 0 Å². The maximum absolute atomic E-state index is 11.2. The molecule has 2 rings (SSSR count). The highest BCUT2D eigenvalue weighted by Gasteiger charge is 2.08. The Hall–Kier alpha value is -2.17. The van der Waals surface area contributed by atoms with Crippen LogP contribution in [-0.4, -0.2) is 16.7 Å². The van der Waals surface area contributed by atoms with Crippen LogP contribution in [0.1, 0.15) is 19.2 Å². The molecule has 0 spiro atoms. The average molecular weight is 232 g/mol. The quantitative estimate of drug-likeness (QED) is 0.809. The van der Waals surface area contributed by atoms with Gasteiger partial charge in [0.05, 0.1) is 13.0 Å². The summed E-state index contributed by atoms with van der Waals surface area (Å²) in [6.07, 6.45) is -0.111. The first-order chi connectivity index (χ1) is 8.15. The highest BCUT2D eigenvalue weighted by Crippen LogP contribution is 2.14. The van der Waals surface area contributed by atoms with E-state index < -0.39 is 0 Å². The molecule has 1 heterocycles. The van der Waals surface area contributed by atoms with E-state index in [1.54, 1.807) is 0 Å². The molecule has 0 fully saturated rings. The third-order valence-corrected chi connectivity index (χ3v) is 2.18. The minimum atomic E-state index is -0.320. The Morgan fingerprint density at radius 2 is 2.12 bits per heavy atom. The van der Waals surface area contributed by atoms with Gasteiger partial charge in [0, 0.05) is 0 Å². The van der Waals surface area contributed by atoms with Crippen LogP contribution < -0.4 is 5.32 Å². The number of rotatable bonds is 4. The van der Waals surface area contributed by atoms with Crippen molar-refractivity contribution < 1.29 is 14.0 Å². The van der Waals surface area contributed by atoms with Crippen molar-refractivity contribution in [2.75, 3.05) is 0 Å². The highest BCUT2D eigenvalue weighted by atomic mass is 16.3. The highest BCUT2D eigenvalue weighted by molar-refractivity contribution is 5.96. The van der Waals surface area contributed by atoms with E-state index in [4.69, 9.17) is 4.42 Å². The molecule has 0 atom stereocenters. The average Bonchev–Trinajstić information content (AvgIpc) is 2.68. The topological polar surface area (TPSA) is 72.2 Å². The van der Waals surface area contributed by atoms with Gasteiger partial charge in [0.25, 0.3) is 0 Å².